The smallest absolute Gasteiger partial charge is 0.226 e. The van der Waals surface area contributed by atoms with E-state index in [9.17, 15) is 13.6 Å². The Morgan fingerprint density at radius 2 is 2.16 bits per heavy atom. The highest BCUT2D eigenvalue weighted by Gasteiger charge is 2.13. The summed E-state index contributed by atoms with van der Waals surface area (Å²) in [6.45, 7) is 1.95. The minimum Gasteiger partial charge on any atom is -0.441 e. The third-order valence-corrected chi connectivity index (χ3v) is 4.31. The van der Waals surface area contributed by atoms with Gasteiger partial charge in [0.25, 0.3) is 0 Å². The lowest BCUT2D eigenvalue weighted by atomic mass is 10.2. The first-order chi connectivity index (χ1) is 12.0. The van der Waals surface area contributed by atoms with Crippen LogP contribution in [0.25, 0.3) is 11.3 Å². The van der Waals surface area contributed by atoms with E-state index < -0.39 is 11.6 Å². The Balaban J connectivity index is 1.58. The van der Waals surface area contributed by atoms with Crippen LogP contribution < -0.4 is 5.32 Å². The van der Waals surface area contributed by atoms with Gasteiger partial charge in [-0.25, -0.2) is 13.8 Å². The normalized spacial score (nSPS) is 10.8. The van der Waals surface area contributed by atoms with Crippen molar-refractivity contribution in [2.75, 3.05) is 5.32 Å². The summed E-state index contributed by atoms with van der Waals surface area (Å²) in [6.07, 6.45) is 2.48. The molecule has 0 spiro atoms. The predicted molar refractivity (Wildman–Crippen MR) is 88.1 cm³/mol. The summed E-state index contributed by atoms with van der Waals surface area (Å²) >= 11 is 1.32. The Kier molecular flexibility index (Phi) is 5.13. The van der Waals surface area contributed by atoms with Gasteiger partial charge < -0.3 is 9.73 Å². The van der Waals surface area contributed by atoms with Crippen LogP contribution in [0, 0.1) is 11.6 Å². The van der Waals surface area contributed by atoms with Crippen LogP contribution in [0.4, 0.5) is 13.9 Å². The lowest BCUT2D eigenvalue weighted by molar-refractivity contribution is -0.116. The lowest BCUT2D eigenvalue weighted by Crippen LogP contribution is -2.12. The van der Waals surface area contributed by atoms with Gasteiger partial charge in [-0.15, -0.1) is 10.2 Å². The predicted octanol–water partition coefficient (Wildman–Crippen LogP) is 3.61. The Labute approximate surface area is 145 Å². The lowest BCUT2D eigenvalue weighted by Gasteiger charge is -2.00. The van der Waals surface area contributed by atoms with Crippen LogP contribution in [0.1, 0.15) is 24.2 Å². The molecule has 0 aliphatic heterocycles. The largest absolute Gasteiger partial charge is 0.441 e. The molecule has 0 bridgehead atoms. The zero-order valence-electron chi connectivity index (χ0n) is 13.3. The Bertz CT molecular complexity index is 894. The number of hydrogen-bond acceptors (Lipinski definition) is 6. The van der Waals surface area contributed by atoms with Gasteiger partial charge in [0.2, 0.25) is 11.0 Å². The third-order valence-electron chi connectivity index (χ3n) is 3.33. The van der Waals surface area contributed by atoms with E-state index in [-0.39, 0.29) is 30.1 Å². The Morgan fingerprint density at radius 3 is 2.88 bits per heavy atom. The van der Waals surface area contributed by atoms with Crippen LogP contribution in [0.15, 0.2) is 28.8 Å². The number of amides is 1. The van der Waals surface area contributed by atoms with E-state index in [2.05, 4.69) is 20.5 Å². The summed E-state index contributed by atoms with van der Waals surface area (Å²) < 4.78 is 32.1. The molecule has 0 aliphatic rings. The minimum absolute atomic E-state index is 0.116. The first kappa shape index (κ1) is 17.2. The number of aromatic nitrogens is 3. The van der Waals surface area contributed by atoms with Crippen molar-refractivity contribution in [1.82, 2.24) is 15.2 Å². The molecular formula is C16H14F2N4O2S. The number of nitrogens with one attached hydrogen (secondary N) is 1. The van der Waals surface area contributed by atoms with Crippen LogP contribution in [0.5, 0.6) is 0 Å². The molecule has 0 unspecified atom stereocenters. The molecule has 0 fully saturated rings. The molecule has 1 aromatic carbocycles. The SMILES string of the molecule is CCc1nnc(NC(=O)CCc2ncc(-c3ccc(F)cc3F)o2)s1. The third kappa shape index (κ3) is 4.24. The minimum atomic E-state index is -0.733. The number of carbonyl (C=O) groups is 1. The van der Waals surface area contributed by atoms with Gasteiger partial charge in [-0.1, -0.05) is 18.3 Å². The van der Waals surface area contributed by atoms with Gasteiger partial charge in [0.15, 0.2) is 11.7 Å². The first-order valence-electron chi connectivity index (χ1n) is 7.57. The van der Waals surface area contributed by atoms with E-state index >= 15 is 0 Å². The van der Waals surface area contributed by atoms with Gasteiger partial charge in [0.1, 0.15) is 16.6 Å². The monoisotopic (exact) mass is 364 g/mol. The molecule has 0 saturated heterocycles. The van der Waals surface area contributed by atoms with E-state index in [1.165, 1.54) is 23.6 Å². The summed E-state index contributed by atoms with van der Waals surface area (Å²) in [5.41, 5.74) is 0.116. The molecule has 25 heavy (non-hydrogen) atoms. The van der Waals surface area contributed by atoms with Gasteiger partial charge in [0, 0.05) is 18.9 Å². The van der Waals surface area contributed by atoms with E-state index in [1.54, 1.807) is 0 Å². The topological polar surface area (TPSA) is 80.9 Å². The van der Waals surface area contributed by atoms with E-state index in [0.717, 1.165) is 23.6 Å². The molecule has 0 aliphatic carbocycles. The molecule has 0 atom stereocenters. The molecule has 1 N–H and O–H groups in total. The van der Waals surface area contributed by atoms with Gasteiger partial charge in [-0.3, -0.25) is 4.79 Å². The molecule has 0 radical (unpaired) electrons. The number of nitrogens with zero attached hydrogens (tertiary/aromatic N) is 3. The molecular weight excluding hydrogens is 350 g/mol. The van der Waals surface area contributed by atoms with Crippen molar-refractivity contribution >= 4 is 22.4 Å². The number of rotatable bonds is 6. The number of anilines is 1. The summed E-state index contributed by atoms with van der Waals surface area (Å²) in [6, 6.07) is 3.20. The second-order valence-electron chi connectivity index (χ2n) is 5.15. The molecule has 0 saturated carbocycles. The molecule has 9 heteroatoms. The molecule has 3 aromatic rings. The summed E-state index contributed by atoms with van der Waals surface area (Å²) in [5, 5.41) is 11.7. The molecule has 1 amide bonds. The van der Waals surface area contributed by atoms with Crippen molar-refractivity contribution in [3.63, 3.8) is 0 Å². The van der Waals surface area contributed by atoms with Crippen molar-refractivity contribution < 1.29 is 18.0 Å². The first-order valence-corrected chi connectivity index (χ1v) is 8.39. The maximum atomic E-state index is 13.7. The highest BCUT2D eigenvalue weighted by molar-refractivity contribution is 7.15. The Hall–Kier alpha value is -2.68. The number of carbonyl (C=O) groups excluding carboxylic acids is 1. The maximum absolute atomic E-state index is 13.7. The van der Waals surface area contributed by atoms with Crippen LogP contribution in [0.3, 0.4) is 0 Å². The van der Waals surface area contributed by atoms with Crippen molar-refractivity contribution in [3.8, 4) is 11.3 Å². The highest BCUT2D eigenvalue weighted by Crippen LogP contribution is 2.24. The highest BCUT2D eigenvalue weighted by atomic mass is 32.1. The van der Waals surface area contributed by atoms with Crippen molar-refractivity contribution in [3.05, 3.63) is 46.9 Å². The summed E-state index contributed by atoms with van der Waals surface area (Å²) in [4.78, 5) is 15.9. The summed E-state index contributed by atoms with van der Waals surface area (Å²) in [7, 11) is 0. The molecule has 2 heterocycles. The molecule has 6 nitrogen and oxygen atoms in total. The molecule has 3 rings (SSSR count). The molecule has 130 valence electrons. The second kappa shape index (κ2) is 7.47. The fraction of sp³-hybridized carbons (Fsp3) is 0.250. The van der Waals surface area contributed by atoms with Gasteiger partial charge in [-0.2, -0.15) is 0 Å². The number of benzene rings is 1. The fourth-order valence-corrected chi connectivity index (χ4v) is 2.78. The van der Waals surface area contributed by atoms with Crippen LogP contribution in [-0.2, 0) is 17.6 Å². The number of hydrogen-bond donors (Lipinski definition) is 1. The van der Waals surface area contributed by atoms with E-state index in [1.807, 2.05) is 6.92 Å². The van der Waals surface area contributed by atoms with Gasteiger partial charge >= 0.3 is 0 Å². The number of oxazole rings is 1. The molecule has 2 aromatic heterocycles. The van der Waals surface area contributed by atoms with E-state index in [4.69, 9.17) is 4.42 Å². The summed E-state index contributed by atoms with van der Waals surface area (Å²) in [5.74, 6) is -1.17. The van der Waals surface area contributed by atoms with Crippen molar-refractivity contribution in [2.45, 2.75) is 26.2 Å². The zero-order chi connectivity index (χ0) is 17.8. The Morgan fingerprint density at radius 1 is 1.32 bits per heavy atom. The average Bonchev–Trinajstić information content (AvgIpc) is 3.22. The quantitative estimate of drug-likeness (QED) is 0.723. The fourth-order valence-electron chi connectivity index (χ4n) is 2.09. The second-order valence-corrected chi connectivity index (χ2v) is 6.21. The van der Waals surface area contributed by atoms with Gasteiger partial charge in [-0.05, 0) is 18.6 Å². The van der Waals surface area contributed by atoms with Crippen LogP contribution in [0.2, 0.25) is 0 Å². The van der Waals surface area contributed by atoms with E-state index in [0.29, 0.717) is 11.0 Å². The average molecular weight is 364 g/mol. The van der Waals surface area contributed by atoms with Crippen LogP contribution >= 0.6 is 11.3 Å². The van der Waals surface area contributed by atoms with Gasteiger partial charge in [0.05, 0.1) is 11.8 Å². The maximum Gasteiger partial charge on any atom is 0.226 e. The zero-order valence-corrected chi connectivity index (χ0v) is 14.1. The van der Waals surface area contributed by atoms with Crippen molar-refractivity contribution in [1.29, 1.82) is 0 Å². The van der Waals surface area contributed by atoms with Crippen LogP contribution in [-0.4, -0.2) is 21.1 Å². The number of aryl methyl sites for hydroxylation is 2. The van der Waals surface area contributed by atoms with Crippen molar-refractivity contribution in [2.24, 2.45) is 0 Å². The standard InChI is InChI=1S/C16H14F2N4O2S/c1-2-15-21-22-16(25-15)20-13(23)5-6-14-19-8-12(24-14)10-4-3-9(17)7-11(10)18/h3-4,7-8H,2,5-6H2,1H3,(H,20,22,23). The number of halogens is 2.